The van der Waals surface area contributed by atoms with Crippen LogP contribution in [-0.2, 0) is 0 Å². The molecule has 0 aromatic carbocycles. The Labute approximate surface area is 136 Å². The van der Waals surface area contributed by atoms with Gasteiger partial charge in [0.25, 0.3) is 0 Å². The summed E-state index contributed by atoms with van der Waals surface area (Å²) < 4.78 is 0. The largest absolute Gasteiger partial charge is 0.330 e. The lowest BCUT2D eigenvalue weighted by Crippen LogP contribution is -2.47. The van der Waals surface area contributed by atoms with Crippen LogP contribution in [0.1, 0.15) is 75.0 Å². The van der Waals surface area contributed by atoms with Crippen molar-refractivity contribution in [2.75, 3.05) is 0 Å². The molecule has 0 saturated heterocycles. The van der Waals surface area contributed by atoms with Crippen molar-refractivity contribution in [2.24, 2.45) is 5.92 Å². The fraction of sp³-hybridized carbons (Fsp3) is 0.765. The van der Waals surface area contributed by atoms with Crippen LogP contribution in [0, 0.1) is 5.92 Å². The summed E-state index contributed by atoms with van der Waals surface area (Å²) in [6.45, 7) is 4.27. The lowest BCUT2D eigenvalue weighted by atomic mass is 10.2. The third kappa shape index (κ3) is 3.00. The van der Waals surface area contributed by atoms with Crippen LogP contribution in [0.15, 0.2) is 5.38 Å². The van der Waals surface area contributed by atoms with E-state index in [9.17, 15) is 4.79 Å². The topological polar surface area (TPSA) is 45.2 Å². The van der Waals surface area contributed by atoms with Crippen LogP contribution in [0.5, 0.6) is 0 Å². The van der Waals surface area contributed by atoms with Gasteiger partial charge in [-0.3, -0.25) is 0 Å². The minimum Gasteiger partial charge on any atom is -0.330 e. The molecular formula is C17H25N3OS. The third-order valence-corrected chi connectivity index (χ3v) is 6.19. The monoisotopic (exact) mass is 319 g/mol. The van der Waals surface area contributed by atoms with E-state index in [0.29, 0.717) is 18.0 Å². The van der Waals surface area contributed by atoms with Gasteiger partial charge in [-0.15, -0.1) is 11.3 Å². The first-order valence-corrected chi connectivity index (χ1v) is 9.55. The molecule has 1 N–H and O–H groups in total. The zero-order chi connectivity index (χ0) is 15.3. The number of thiazole rings is 1. The maximum Gasteiger partial charge on any atom is 0.318 e. The molecule has 3 aliphatic rings. The minimum absolute atomic E-state index is 0.00361. The molecule has 3 saturated carbocycles. The molecule has 3 fully saturated rings. The number of nitrogens with zero attached hydrogens (tertiary/aromatic N) is 2. The smallest absolute Gasteiger partial charge is 0.318 e. The van der Waals surface area contributed by atoms with Crippen LogP contribution < -0.4 is 5.32 Å². The first-order valence-electron chi connectivity index (χ1n) is 8.67. The van der Waals surface area contributed by atoms with Crippen molar-refractivity contribution < 1.29 is 4.79 Å². The first-order chi connectivity index (χ1) is 10.6. The fourth-order valence-electron chi connectivity index (χ4n) is 3.19. The van der Waals surface area contributed by atoms with Crippen LogP contribution >= 0.6 is 11.3 Å². The number of hydrogen-bond acceptors (Lipinski definition) is 3. The molecule has 0 aliphatic heterocycles. The molecular weight excluding hydrogens is 294 g/mol. The molecule has 0 radical (unpaired) electrons. The van der Waals surface area contributed by atoms with E-state index in [-0.39, 0.29) is 12.1 Å². The van der Waals surface area contributed by atoms with Crippen molar-refractivity contribution in [2.45, 2.75) is 76.4 Å². The highest BCUT2D eigenvalue weighted by atomic mass is 32.1. The van der Waals surface area contributed by atoms with Gasteiger partial charge in [0.1, 0.15) is 0 Å². The molecule has 2 amide bonds. The van der Waals surface area contributed by atoms with Crippen molar-refractivity contribution in [3.63, 3.8) is 0 Å². The minimum atomic E-state index is 0.00361. The van der Waals surface area contributed by atoms with Crippen LogP contribution in [0.3, 0.4) is 0 Å². The molecule has 120 valence electrons. The van der Waals surface area contributed by atoms with Crippen molar-refractivity contribution >= 4 is 17.4 Å². The van der Waals surface area contributed by atoms with E-state index in [4.69, 9.17) is 4.98 Å². The average molecular weight is 319 g/mol. The third-order valence-electron chi connectivity index (χ3n) is 5.17. The van der Waals surface area contributed by atoms with Gasteiger partial charge < -0.3 is 10.2 Å². The number of hydrogen-bond donors (Lipinski definition) is 1. The number of aromatic nitrogens is 1. The van der Waals surface area contributed by atoms with E-state index in [2.05, 4.69) is 29.4 Å². The SMILES string of the molecule is C[C@@H](NC(=O)N(C1CC1)[C@@H](C)C1CC1)c1csc(C2CC2)n1. The molecule has 3 aliphatic carbocycles. The molecule has 1 aromatic heterocycles. The van der Waals surface area contributed by atoms with Gasteiger partial charge in [0.05, 0.1) is 16.7 Å². The fourth-order valence-corrected chi connectivity index (χ4v) is 4.28. The second kappa shape index (κ2) is 5.52. The maximum atomic E-state index is 12.7. The summed E-state index contributed by atoms with van der Waals surface area (Å²) in [5, 5.41) is 6.55. The summed E-state index contributed by atoms with van der Waals surface area (Å²) in [4.78, 5) is 19.6. The Bertz CT molecular complexity index is 560. The van der Waals surface area contributed by atoms with Gasteiger partial charge in [-0.05, 0) is 58.3 Å². The predicted molar refractivity (Wildman–Crippen MR) is 88.1 cm³/mol. The van der Waals surface area contributed by atoms with Crippen molar-refractivity contribution in [3.8, 4) is 0 Å². The standard InChI is InChI=1S/C17H25N3OS/c1-10(15-9-22-16(19-15)13-5-6-13)18-17(21)20(14-7-8-14)11(2)12-3-4-12/h9-14H,3-8H2,1-2H3,(H,18,21)/t10-,11+/m1/s1. The van der Waals surface area contributed by atoms with Gasteiger partial charge in [0.2, 0.25) is 0 Å². The summed E-state index contributed by atoms with van der Waals surface area (Å²) in [5.41, 5.74) is 1.02. The first kappa shape index (κ1) is 14.5. The Morgan fingerprint density at radius 1 is 1.27 bits per heavy atom. The molecule has 0 bridgehead atoms. The molecule has 5 heteroatoms. The number of nitrogens with one attached hydrogen (secondary N) is 1. The van der Waals surface area contributed by atoms with E-state index in [0.717, 1.165) is 11.6 Å². The molecule has 2 atom stereocenters. The molecule has 1 heterocycles. The predicted octanol–water partition coefficient (Wildman–Crippen LogP) is 4.05. The van der Waals surface area contributed by atoms with Crippen LogP contribution in [0.4, 0.5) is 4.79 Å². The molecule has 1 aromatic rings. The van der Waals surface area contributed by atoms with Crippen LogP contribution in [0.2, 0.25) is 0 Å². The molecule has 22 heavy (non-hydrogen) atoms. The number of amides is 2. The van der Waals surface area contributed by atoms with Crippen LogP contribution in [-0.4, -0.2) is 28.0 Å². The van der Waals surface area contributed by atoms with Gasteiger partial charge in [0.15, 0.2) is 0 Å². The second-order valence-corrected chi connectivity index (χ2v) is 8.16. The Kier molecular flexibility index (Phi) is 3.63. The lowest BCUT2D eigenvalue weighted by molar-refractivity contribution is 0.164. The summed E-state index contributed by atoms with van der Waals surface area (Å²) >= 11 is 1.75. The maximum absolute atomic E-state index is 12.7. The molecule has 4 nitrogen and oxygen atoms in total. The summed E-state index contributed by atoms with van der Waals surface area (Å²) in [6, 6.07) is 0.969. The van der Waals surface area contributed by atoms with Gasteiger partial charge in [-0.1, -0.05) is 0 Å². The number of urea groups is 1. The Balaban J connectivity index is 1.40. The Morgan fingerprint density at radius 2 is 2.00 bits per heavy atom. The highest BCUT2D eigenvalue weighted by Gasteiger charge is 2.42. The van der Waals surface area contributed by atoms with Gasteiger partial charge in [0, 0.05) is 23.4 Å². The average Bonchev–Trinajstić information content (AvgIpc) is 3.33. The molecule has 0 spiro atoms. The Hall–Kier alpha value is -1.10. The van der Waals surface area contributed by atoms with Crippen molar-refractivity contribution in [1.82, 2.24) is 15.2 Å². The summed E-state index contributed by atoms with van der Waals surface area (Å²) in [7, 11) is 0. The number of carbonyl (C=O) groups is 1. The van der Waals surface area contributed by atoms with E-state index < -0.39 is 0 Å². The molecule has 0 unspecified atom stereocenters. The van der Waals surface area contributed by atoms with Gasteiger partial charge >= 0.3 is 6.03 Å². The van der Waals surface area contributed by atoms with E-state index in [1.165, 1.54) is 43.5 Å². The van der Waals surface area contributed by atoms with Gasteiger partial charge in [-0.2, -0.15) is 0 Å². The van der Waals surface area contributed by atoms with E-state index >= 15 is 0 Å². The lowest BCUT2D eigenvalue weighted by Gasteiger charge is -2.30. The quantitative estimate of drug-likeness (QED) is 0.859. The normalized spacial score (nSPS) is 23.9. The summed E-state index contributed by atoms with van der Waals surface area (Å²) in [6.07, 6.45) is 7.46. The highest BCUT2D eigenvalue weighted by Crippen LogP contribution is 2.42. The Morgan fingerprint density at radius 3 is 2.59 bits per heavy atom. The van der Waals surface area contributed by atoms with Gasteiger partial charge in [-0.25, -0.2) is 9.78 Å². The van der Waals surface area contributed by atoms with E-state index in [1.54, 1.807) is 11.3 Å². The highest BCUT2D eigenvalue weighted by molar-refractivity contribution is 7.09. The zero-order valence-corrected chi connectivity index (χ0v) is 14.2. The zero-order valence-electron chi connectivity index (χ0n) is 13.4. The molecule has 4 rings (SSSR count). The number of rotatable bonds is 6. The van der Waals surface area contributed by atoms with E-state index in [1.807, 2.05) is 0 Å². The van der Waals surface area contributed by atoms with Crippen LogP contribution in [0.25, 0.3) is 0 Å². The number of carbonyl (C=O) groups excluding carboxylic acids is 1. The summed E-state index contributed by atoms with van der Waals surface area (Å²) in [5.74, 6) is 1.42. The van der Waals surface area contributed by atoms with Crippen molar-refractivity contribution in [3.05, 3.63) is 16.1 Å². The van der Waals surface area contributed by atoms with Crippen molar-refractivity contribution in [1.29, 1.82) is 0 Å². The second-order valence-electron chi connectivity index (χ2n) is 7.27.